The van der Waals surface area contributed by atoms with Gasteiger partial charge < -0.3 is 4.90 Å². The molecule has 1 rings (SSSR count). The Bertz CT molecular complexity index is 331. The van der Waals surface area contributed by atoms with Gasteiger partial charge in [0, 0.05) is 19.0 Å². The molecule has 18 heavy (non-hydrogen) atoms. The zero-order valence-corrected chi connectivity index (χ0v) is 12.5. The van der Waals surface area contributed by atoms with Gasteiger partial charge >= 0.3 is 0 Å². The topological polar surface area (TPSA) is 40.6 Å². The summed E-state index contributed by atoms with van der Waals surface area (Å²) in [6.45, 7) is 9.45. The summed E-state index contributed by atoms with van der Waals surface area (Å²) >= 11 is 0. The van der Waals surface area contributed by atoms with Crippen LogP contribution in [0.5, 0.6) is 0 Å². The second-order valence-corrected chi connectivity index (χ2v) is 6.79. The van der Waals surface area contributed by atoms with Gasteiger partial charge in [-0.1, -0.05) is 27.7 Å². The third-order valence-electron chi connectivity index (χ3n) is 3.45. The number of nitrogens with zero attached hydrogens (tertiary/aromatic N) is 2. The Morgan fingerprint density at radius 1 is 1.17 bits per heavy atom. The summed E-state index contributed by atoms with van der Waals surface area (Å²) in [6, 6.07) is 0. The molecule has 0 aliphatic carbocycles. The summed E-state index contributed by atoms with van der Waals surface area (Å²) in [5, 5.41) is 0. The minimum absolute atomic E-state index is 0.00361. The van der Waals surface area contributed by atoms with Crippen LogP contribution in [0.1, 0.15) is 34.1 Å². The van der Waals surface area contributed by atoms with Crippen molar-refractivity contribution in [2.24, 2.45) is 17.3 Å². The van der Waals surface area contributed by atoms with E-state index in [1.54, 1.807) is 0 Å². The molecule has 0 radical (unpaired) electrons. The SMILES string of the molecule is CC1C(=O)N(CCN(C)C)C(=O)C1CC(C)(C)C. The first-order valence-electron chi connectivity index (χ1n) is 6.63. The molecule has 0 spiro atoms. The molecule has 0 bridgehead atoms. The first-order valence-corrected chi connectivity index (χ1v) is 6.63. The Morgan fingerprint density at radius 2 is 1.72 bits per heavy atom. The van der Waals surface area contributed by atoms with Crippen LogP contribution in [-0.2, 0) is 9.59 Å². The number of imide groups is 1. The lowest BCUT2D eigenvalue weighted by atomic mass is 9.80. The van der Waals surface area contributed by atoms with Gasteiger partial charge in [0.1, 0.15) is 0 Å². The highest BCUT2D eigenvalue weighted by molar-refractivity contribution is 6.04. The summed E-state index contributed by atoms with van der Waals surface area (Å²) in [5.41, 5.74) is 0.0758. The smallest absolute Gasteiger partial charge is 0.233 e. The van der Waals surface area contributed by atoms with Crippen molar-refractivity contribution in [2.45, 2.75) is 34.1 Å². The molecule has 2 atom stereocenters. The number of hydrogen-bond donors (Lipinski definition) is 0. The molecule has 2 unspecified atom stereocenters. The van der Waals surface area contributed by atoms with Crippen molar-refractivity contribution in [2.75, 3.05) is 27.2 Å². The van der Waals surface area contributed by atoms with Crippen molar-refractivity contribution < 1.29 is 9.59 Å². The van der Waals surface area contributed by atoms with E-state index in [4.69, 9.17) is 0 Å². The van der Waals surface area contributed by atoms with E-state index in [2.05, 4.69) is 20.8 Å². The molecule has 0 aromatic carbocycles. The van der Waals surface area contributed by atoms with Gasteiger partial charge in [-0.15, -0.1) is 0 Å². The normalized spacial score (nSPS) is 25.4. The maximum Gasteiger partial charge on any atom is 0.233 e. The molecule has 4 nitrogen and oxygen atoms in total. The van der Waals surface area contributed by atoms with Crippen molar-refractivity contribution in [3.8, 4) is 0 Å². The van der Waals surface area contributed by atoms with Gasteiger partial charge in [0.25, 0.3) is 0 Å². The highest BCUT2D eigenvalue weighted by Gasteiger charge is 2.45. The summed E-state index contributed by atoms with van der Waals surface area (Å²) in [4.78, 5) is 27.8. The zero-order valence-electron chi connectivity index (χ0n) is 12.5. The van der Waals surface area contributed by atoms with Crippen LogP contribution in [0.3, 0.4) is 0 Å². The average molecular weight is 254 g/mol. The van der Waals surface area contributed by atoms with Gasteiger partial charge in [0.2, 0.25) is 11.8 Å². The summed E-state index contributed by atoms with van der Waals surface area (Å²) in [7, 11) is 3.89. The number of rotatable bonds is 4. The lowest BCUT2D eigenvalue weighted by Gasteiger charge is -2.23. The molecule has 1 fully saturated rings. The lowest BCUT2D eigenvalue weighted by molar-refractivity contribution is -0.140. The van der Waals surface area contributed by atoms with Crippen LogP contribution in [0.2, 0.25) is 0 Å². The molecular formula is C14H26N2O2. The number of carbonyl (C=O) groups is 2. The summed E-state index contributed by atoms with van der Waals surface area (Å²) in [5.74, 6) is -0.293. The van der Waals surface area contributed by atoms with Crippen LogP contribution in [0.25, 0.3) is 0 Å². The third kappa shape index (κ3) is 3.55. The van der Waals surface area contributed by atoms with E-state index in [-0.39, 0.29) is 29.1 Å². The van der Waals surface area contributed by atoms with Crippen molar-refractivity contribution >= 4 is 11.8 Å². The van der Waals surface area contributed by atoms with E-state index in [0.29, 0.717) is 6.54 Å². The van der Waals surface area contributed by atoms with Crippen LogP contribution < -0.4 is 0 Å². The number of likely N-dealkylation sites (tertiary alicyclic amines) is 1. The predicted octanol–water partition coefficient (Wildman–Crippen LogP) is 1.61. The minimum atomic E-state index is -0.168. The molecule has 1 aliphatic rings. The molecule has 0 aromatic heterocycles. The Hall–Kier alpha value is -0.900. The molecule has 1 heterocycles. The first kappa shape index (κ1) is 15.2. The highest BCUT2D eigenvalue weighted by atomic mass is 16.2. The molecule has 1 aliphatic heterocycles. The second-order valence-electron chi connectivity index (χ2n) is 6.79. The quantitative estimate of drug-likeness (QED) is 0.716. The fourth-order valence-electron chi connectivity index (χ4n) is 2.38. The number of hydrogen-bond acceptors (Lipinski definition) is 3. The van der Waals surface area contributed by atoms with E-state index in [0.717, 1.165) is 13.0 Å². The van der Waals surface area contributed by atoms with Crippen LogP contribution in [0, 0.1) is 17.3 Å². The summed E-state index contributed by atoms with van der Waals surface area (Å²) < 4.78 is 0. The highest BCUT2D eigenvalue weighted by Crippen LogP contribution is 2.35. The Balaban J connectivity index is 2.74. The van der Waals surface area contributed by atoms with E-state index >= 15 is 0 Å². The zero-order chi connectivity index (χ0) is 14.1. The maximum absolute atomic E-state index is 12.3. The Kier molecular flexibility index (Phi) is 4.54. The van der Waals surface area contributed by atoms with Crippen molar-refractivity contribution in [1.82, 2.24) is 9.80 Å². The number of amides is 2. The predicted molar refractivity (Wildman–Crippen MR) is 72.0 cm³/mol. The van der Waals surface area contributed by atoms with Gasteiger partial charge in [0.05, 0.1) is 5.92 Å². The molecular weight excluding hydrogens is 228 g/mol. The Labute approximate surface area is 110 Å². The van der Waals surface area contributed by atoms with Gasteiger partial charge in [-0.05, 0) is 25.9 Å². The molecule has 0 aromatic rings. The number of carbonyl (C=O) groups excluding carboxylic acids is 2. The van der Waals surface area contributed by atoms with Crippen LogP contribution >= 0.6 is 0 Å². The Morgan fingerprint density at radius 3 is 2.17 bits per heavy atom. The standard InChI is InChI=1S/C14H26N2O2/c1-10-11(9-14(2,3)4)13(18)16(12(10)17)8-7-15(5)6/h10-11H,7-9H2,1-6H3. The molecule has 0 N–H and O–H groups in total. The molecule has 2 amide bonds. The monoisotopic (exact) mass is 254 g/mol. The largest absolute Gasteiger partial charge is 0.308 e. The average Bonchev–Trinajstić information content (AvgIpc) is 2.39. The van der Waals surface area contributed by atoms with E-state index < -0.39 is 0 Å². The molecule has 104 valence electrons. The molecule has 1 saturated heterocycles. The fraction of sp³-hybridized carbons (Fsp3) is 0.857. The second kappa shape index (κ2) is 5.39. The van der Waals surface area contributed by atoms with Crippen molar-refractivity contribution in [3.63, 3.8) is 0 Å². The minimum Gasteiger partial charge on any atom is -0.308 e. The first-order chi connectivity index (χ1) is 8.13. The van der Waals surface area contributed by atoms with Gasteiger partial charge in [0.15, 0.2) is 0 Å². The van der Waals surface area contributed by atoms with Crippen LogP contribution in [0.4, 0.5) is 0 Å². The maximum atomic E-state index is 12.3. The lowest BCUT2D eigenvalue weighted by Crippen LogP contribution is -2.37. The van der Waals surface area contributed by atoms with Gasteiger partial charge in [-0.2, -0.15) is 0 Å². The van der Waals surface area contributed by atoms with Crippen LogP contribution in [0.15, 0.2) is 0 Å². The van der Waals surface area contributed by atoms with Crippen molar-refractivity contribution in [3.05, 3.63) is 0 Å². The summed E-state index contributed by atoms with van der Waals surface area (Å²) in [6.07, 6.45) is 0.775. The number of likely N-dealkylation sites (N-methyl/N-ethyl adjacent to an activating group) is 1. The third-order valence-corrected chi connectivity index (χ3v) is 3.45. The van der Waals surface area contributed by atoms with Gasteiger partial charge in [-0.3, -0.25) is 14.5 Å². The van der Waals surface area contributed by atoms with E-state index in [1.165, 1.54) is 4.90 Å². The molecule has 4 heteroatoms. The van der Waals surface area contributed by atoms with E-state index in [1.807, 2.05) is 25.9 Å². The van der Waals surface area contributed by atoms with Gasteiger partial charge in [-0.25, -0.2) is 0 Å². The van der Waals surface area contributed by atoms with Crippen molar-refractivity contribution in [1.29, 1.82) is 0 Å². The van der Waals surface area contributed by atoms with E-state index in [9.17, 15) is 9.59 Å². The fourth-order valence-corrected chi connectivity index (χ4v) is 2.38. The van der Waals surface area contributed by atoms with Crippen LogP contribution in [-0.4, -0.2) is 48.8 Å². The molecule has 0 saturated carbocycles.